The number of rotatable bonds is 3. The Morgan fingerprint density at radius 2 is 2.20 bits per heavy atom. The second-order valence-corrected chi connectivity index (χ2v) is 6.10. The lowest BCUT2D eigenvalue weighted by molar-refractivity contribution is 0.102. The van der Waals surface area contributed by atoms with Crippen LogP contribution in [0, 0.1) is 5.82 Å². The largest absolute Gasteiger partial charge is 0.465 e. The minimum Gasteiger partial charge on any atom is -0.465 e. The van der Waals surface area contributed by atoms with Crippen molar-refractivity contribution in [2.75, 3.05) is 11.9 Å². The maximum absolute atomic E-state index is 14.3. The molecule has 7 nitrogen and oxygen atoms in total. The van der Waals surface area contributed by atoms with Gasteiger partial charge in [-0.05, 0) is 31.2 Å². The summed E-state index contributed by atoms with van der Waals surface area (Å²) in [6.07, 6.45) is 1.77. The third-order valence-corrected chi connectivity index (χ3v) is 3.98. The van der Waals surface area contributed by atoms with E-state index in [2.05, 4.69) is 20.3 Å². The Bertz CT molecular complexity index is 843. The van der Waals surface area contributed by atoms with E-state index in [-0.39, 0.29) is 23.2 Å². The molecule has 1 aliphatic heterocycles. The van der Waals surface area contributed by atoms with Gasteiger partial charge in [-0.1, -0.05) is 11.6 Å². The number of carbonyl (C=O) groups excluding carboxylic acids is 1. The van der Waals surface area contributed by atoms with Crippen LogP contribution in [-0.2, 0) is 10.3 Å². The fourth-order valence-electron chi connectivity index (χ4n) is 2.44. The summed E-state index contributed by atoms with van der Waals surface area (Å²) in [5.74, 6) is -0.843. The van der Waals surface area contributed by atoms with E-state index >= 15 is 0 Å². The van der Waals surface area contributed by atoms with Gasteiger partial charge in [0.1, 0.15) is 28.6 Å². The number of amidine groups is 1. The molecule has 3 rings (SSSR count). The Kier molecular flexibility index (Phi) is 4.54. The average molecular weight is 364 g/mol. The zero-order chi connectivity index (χ0) is 18.0. The molecule has 1 aliphatic rings. The fraction of sp³-hybridized carbons (Fsp3) is 0.250. The van der Waals surface area contributed by atoms with Crippen molar-refractivity contribution in [1.29, 1.82) is 0 Å². The van der Waals surface area contributed by atoms with Crippen LogP contribution in [0.25, 0.3) is 0 Å². The van der Waals surface area contributed by atoms with Gasteiger partial charge >= 0.3 is 0 Å². The summed E-state index contributed by atoms with van der Waals surface area (Å²) in [6.45, 7) is 2.01. The molecular weight excluding hydrogens is 349 g/mol. The predicted octanol–water partition coefficient (Wildman–Crippen LogP) is 2.47. The molecule has 0 aromatic carbocycles. The Labute approximate surface area is 148 Å². The summed E-state index contributed by atoms with van der Waals surface area (Å²) < 4.78 is 19.4. The number of anilines is 1. The molecule has 2 aromatic rings. The molecule has 0 radical (unpaired) electrons. The molecule has 9 heteroatoms. The van der Waals surface area contributed by atoms with Gasteiger partial charge in [0.05, 0.1) is 11.6 Å². The van der Waals surface area contributed by atoms with Gasteiger partial charge in [-0.25, -0.2) is 19.4 Å². The van der Waals surface area contributed by atoms with Gasteiger partial charge in [0, 0.05) is 12.6 Å². The van der Waals surface area contributed by atoms with E-state index in [1.807, 2.05) is 0 Å². The lowest BCUT2D eigenvalue weighted by Gasteiger charge is -2.29. The fourth-order valence-corrected chi connectivity index (χ4v) is 2.55. The minimum absolute atomic E-state index is 0.0187. The highest BCUT2D eigenvalue weighted by Crippen LogP contribution is 2.32. The predicted molar refractivity (Wildman–Crippen MR) is 90.9 cm³/mol. The third kappa shape index (κ3) is 3.69. The number of nitrogens with zero attached hydrogens (tertiary/aromatic N) is 3. The summed E-state index contributed by atoms with van der Waals surface area (Å²) in [4.78, 5) is 24.5. The van der Waals surface area contributed by atoms with Crippen LogP contribution >= 0.6 is 11.6 Å². The third-order valence-electron chi connectivity index (χ3n) is 3.75. The number of halogens is 2. The molecule has 0 saturated heterocycles. The van der Waals surface area contributed by atoms with Gasteiger partial charge in [0.15, 0.2) is 0 Å². The number of aliphatic imine (C=N–C) groups is 1. The molecule has 1 amide bonds. The molecule has 130 valence electrons. The van der Waals surface area contributed by atoms with Gasteiger partial charge in [0.25, 0.3) is 11.9 Å². The number of aromatic nitrogens is 2. The molecule has 0 spiro atoms. The molecule has 3 N–H and O–H groups in total. The molecule has 1 atom stereocenters. The monoisotopic (exact) mass is 363 g/mol. The number of hydrogen-bond donors (Lipinski definition) is 2. The SMILES string of the molecule is CC1(c2nc(NC(=O)c3ccc(Cl)cn3)ccc2F)CCOC(N)=N1. The normalized spacial score (nSPS) is 19.7. The highest BCUT2D eigenvalue weighted by atomic mass is 35.5. The van der Waals surface area contributed by atoms with Crippen molar-refractivity contribution in [3.63, 3.8) is 0 Å². The van der Waals surface area contributed by atoms with Crippen LogP contribution in [0.3, 0.4) is 0 Å². The molecule has 25 heavy (non-hydrogen) atoms. The van der Waals surface area contributed by atoms with Crippen molar-refractivity contribution >= 4 is 29.3 Å². The summed E-state index contributed by atoms with van der Waals surface area (Å²) in [5, 5.41) is 3.00. The van der Waals surface area contributed by atoms with Crippen LogP contribution in [-0.4, -0.2) is 28.5 Å². The number of ether oxygens (including phenoxy) is 1. The van der Waals surface area contributed by atoms with Gasteiger partial charge in [-0.3, -0.25) is 4.79 Å². The summed E-state index contributed by atoms with van der Waals surface area (Å²) in [5.41, 5.74) is 4.87. The summed E-state index contributed by atoms with van der Waals surface area (Å²) in [6, 6.07) is 5.59. The Morgan fingerprint density at radius 3 is 2.88 bits per heavy atom. The van der Waals surface area contributed by atoms with Gasteiger partial charge in [-0.15, -0.1) is 0 Å². The smallest absolute Gasteiger partial charge is 0.282 e. The van der Waals surface area contributed by atoms with E-state index < -0.39 is 17.3 Å². The standard InChI is InChI=1S/C16H15ClFN5O2/c1-16(6-7-25-15(19)23-16)13-10(18)3-5-12(21-13)22-14(24)11-4-2-9(17)8-20-11/h2-5,8H,6-7H2,1H3,(H2,19,23)(H,21,22,24). The van der Waals surface area contributed by atoms with Crippen LogP contribution in [0.5, 0.6) is 0 Å². The second kappa shape index (κ2) is 6.64. The first-order chi connectivity index (χ1) is 11.9. The van der Waals surface area contributed by atoms with Crippen molar-refractivity contribution in [3.05, 3.63) is 52.7 Å². The lowest BCUT2D eigenvalue weighted by atomic mass is 9.93. The summed E-state index contributed by atoms with van der Waals surface area (Å²) >= 11 is 5.75. The van der Waals surface area contributed by atoms with Crippen molar-refractivity contribution < 1.29 is 13.9 Å². The van der Waals surface area contributed by atoms with Crippen LogP contribution in [0.2, 0.25) is 5.02 Å². The number of amides is 1. The number of pyridine rings is 2. The number of carbonyl (C=O) groups is 1. The van der Waals surface area contributed by atoms with Crippen LogP contribution in [0.1, 0.15) is 29.5 Å². The van der Waals surface area contributed by atoms with Gasteiger partial charge in [-0.2, -0.15) is 0 Å². The zero-order valence-electron chi connectivity index (χ0n) is 13.3. The van der Waals surface area contributed by atoms with Crippen LogP contribution < -0.4 is 11.1 Å². The summed E-state index contributed by atoms with van der Waals surface area (Å²) in [7, 11) is 0. The molecule has 0 saturated carbocycles. The number of nitrogens with two attached hydrogens (primary N) is 1. The van der Waals surface area contributed by atoms with E-state index in [9.17, 15) is 9.18 Å². The van der Waals surface area contributed by atoms with E-state index in [4.69, 9.17) is 22.1 Å². The molecule has 0 aliphatic carbocycles. The van der Waals surface area contributed by atoms with E-state index in [0.29, 0.717) is 18.1 Å². The van der Waals surface area contributed by atoms with Crippen molar-refractivity contribution in [2.45, 2.75) is 18.9 Å². The van der Waals surface area contributed by atoms with Gasteiger partial charge in [0.2, 0.25) is 0 Å². The molecule has 0 bridgehead atoms. The van der Waals surface area contributed by atoms with Crippen LogP contribution in [0.4, 0.5) is 10.2 Å². The van der Waals surface area contributed by atoms with E-state index in [0.717, 1.165) is 0 Å². The van der Waals surface area contributed by atoms with Crippen LogP contribution in [0.15, 0.2) is 35.5 Å². The average Bonchev–Trinajstić information content (AvgIpc) is 2.57. The lowest BCUT2D eigenvalue weighted by Crippen LogP contribution is -2.35. The first kappa shape index (κ1) is 17.1. The number of nitrogens with one attached hydrogen (secondary N) is 1. The first-order valence-corrected chi connectivity index (χ1v) is 7.83. The Hall–Kier alpha value is -2.74. The molecule has 3 heterocycles. The molecular formula is C16H15ClFN5O2. The Balaban J connectivity index is 1.88. The maximum Gasteiger partial charge on any atom is 0.282 e. The van der Waals surface area contributed by atoms with E-state index in [1.165, 1.54) is 24.4 Å². The highest BCUT2D eigenvalue weighted by Gasteiger charge is 2.34. The number of hydrogen-bond acceptors (Lipinski definition) is 6. The van der Waals surface area contributed by atoms with Crippen molar-refractivity contribution in [3.8, 4) is 0 Å². The second-order valence-electron chi connectivity index (χ2n) is 5.67. The Morgan fingerprint density at radius 1 is 1.40 bits per heavy atom. The molecule has 2 aromatic heterocycles. The van der Waals surface area contributed by atoms with Gasteiger partial charge < -0.3 is 15.8 Å². The van der Waals surface area contributed by atoms with Crippen molar-refractivity contribution in [2.24, 2.45) is 10.7 Å². The maximum atomic E-state index is 14.3. The minimum atomic E-state index is -0.967. The highest BCUT2D eigenvalue weighted by molar-refractivity contribution is 6.30. The topological polar surface area (TPSA) is 102 Å². The zero-order valence-corrected chi connectivity index (χ0v) is 14.0. The quantitative estimate of drug-likeness (QED) is 0.872. The molecule has 0 fully saturated rings. The van der Waals surface area contributed by atoms with E-state index in [1.54, 1.807) is 13.0 Å². The molecule has 1 unspecified atom stereocenters. The van der Waals surface area contributed by atoms with Crippen molar-refractivity contribution in [1.82, 2.24) is 9.97 Å². The first-order valence-electron chi connectivity index (χ1n) is 7.45.